The Kier molecular flexibility index (Phi) is 34.2. The maximum Gasteiger partial charge on any atom is 0.190 e. The lowest BCUT2D eigenvalue weighted by Crippen LogP contribution is -2.55. The third-order valence-corrected chi connectivity index (χ3v) is 35.6. The van der Waals surface area contributed by atoms with Gasteiger partial charge in [-0.25, -0.2) is 62.6 Å². The molecule has 10 saturated heterocycles. The van der Waals surface area contributed by atoms with Crippen LogP contribution in [0.3, 0.4) is 0 Å². The number of benzene rings is 4. The van der Waals surface area contributed by atoms with E-state index in [1.54, 1.807) is 89.0 Å². The number of piperidine rings is 4. The summed E-state index contributed by atoms with van der Waals surface area (Å²) in [6.07, 6.45) is 26.0. The van der Waals surface area contributed by atoms with Crippen LogP contribution in [0.15, 0.2) is 122 Å². The van der Waals surface area contributed by atoms with Crippen LogP contribution in [0.2, 0.25) is 40.2 Å². The molecular weight excluding hydrogens is 2090 g/mol. The fourth-order valence-electron chi connectivity index (χ4n) is 23.0. The van der Waals surface area contributed by atoms with Gasteiger partial charge in [-0.05, 0) is 255 Å². The number of sulfone groups is 1. The molecule has 12 aromatic rings. The maximum atomic E-state index is 11.9. The summed E-state index contributed by atoms with van der Waals surface area (Å²) < 4.78 is 32.8. The predicted octanol–water partition coefficient (Wildman–Crippen LogP) is 19.1. The van der Waals surface area contributed by atoms with Crippen LogP contribution in [-0.2, 0) is 27.7 Å². The summed E-state index contributed by atoms with van der Waals surface area (Å²) in [5, 5.41) is 81.4. The molecule has 0 spiro atoms. The van der Waals surface area contributed by atoms with Gasteiger partial charge >= 0.3 is 0 Å². The fraction of sp³-hybridized carbons (Fsp3) is 0.491. The monoisotopic (exact) mass is 2200 g/mol. The van der Waals surface area contributed by atoms with E-state index < -0.39 is 9.84 Å². The van der Waals surface area contributed by atoms with Gasteiger partial charge in [-0.15, -0.1) is 0 Å². The molecule has 0 radical (unpaired) electrons. The number of imidazole rings is 1. The third-order valence-electron chi connectivity index (χ3n) is 31.6. The van der Waals surface area contributed by atoms with Crippen molar-refractivity contribution in [2.24, 2.45) is 47.3 Å². The van der Waals surface area contributed by atoms with Gasteiger partial charge in [0, 0.05) is 181 Å². The second-order valence-corrected chi connectivity index (χ2v) is 47.0. The Bertz CT molecular complexity index is 6910. The smallest absolute Gasteiger partial charge is 0.190 e. The number of anilines is 6. The standard InChI is InChI=1S/C27H33Cl2N7O2S.C27H33Cl2N7O.2C26H27Cl2N9/c1-17(22-5-4-20(28)11-23(22)29)33-27-26(24(31)12-30)32-13-25(34-27)36-15-19(16-36)18-3-2-8-35(14-18)21-6-9-39(37,38)10-7-21;1-17(22-5-4-20(28)11-23(22)29)33-27-26(24(31)12-30)32-13-25(34-27)36-15-19(16-36)18-3-2-8-35(14-18)21-6-9-37-10-7-21;1-16(21-5-4-19(27)9-22(21)28)37-26-25(23(10-29)34-37)30-11-24(32-26)36-13-18(14-36)17-3-2-8-35(12-17)15-20-6-7-31-33-20;1-16(21-5-4-19(27)7-22(21)28)37-26-25(23(8-29)34-37)31-10-24(33-26)36-12-18(13-36)17-3-2-6-35(11-17)14-20-9-30-15-32-20/h4-5,11,13,17-19,21,31H,2-3,6-10,14-16H2,1H3,(H,33,34);4-5,11,13,17-19,21,31H,2-3,6-10,14-16H2,1H3,(H,33,34);4-7,9,11,16-18H,2-3,8,12-15H2,1H3,(H,31,33);4-5,7,9-10,15-18H,2-3,6,11-14H2,1H3,(H,30,32). The van der Waals surface area contributed by atoms with E-state index in [4.69, 9.17) is 128 Å². The number of hydrogen-bond donors (Lipinski definition) is 6. The van der Waals surface area contributed by atoms with E-state index in [1.165, 1.54) is 69.4 Å². The van der Waals surface area contributed by atoms with E-state index in [-0.39, 0.29) is 58.4 Å². The number of H-pyrrole nitrogens is 2. The molecule has 0 amide bonds. The molecule has 8 atom stereocenters. The molecule has 6 N–H and O–H groups in total. The normalized spacial score (nSPS) is 21.1. The summed E-state index contributed by atoms with van der Waals surface area (Å²) in [6.45, 7) is 27.9. The molecule has 22 rings (SSSR count). The van der Waals surface area contributed by atoms with E-state index >= 15 is 0 Å². The largest absolute Gasteiger partial charge is 0.381 e. The zero-order valence-corrected chi connectivity index (χ0v) is 90.8. The van der Waals surface area contributed by atoms with Crippen molar-refractivity contribution in [2.75, 3.05) is 160 Å². The minimum Gasteiger partial charge on any atom is -0.381 e. The molecule has 0 bridgehead atoms. The number of likely N-dealkylation sites (tertiary alicyclic amines) is 4. The molecule has 10 aliphatic rings. The van der Waals surface area contributed by atoms with Crippen molar-refractivity contribution in [3.63, 3.8) is 0 Å². The van der Waals surface area contributed by atoms with Crippen molar-refractivity contribution < 1.29 is 13.2 Å². The first-order chi connectivity index (χ1) is 72.5. The molecule has 10 fully saturated rings. The Morgan fingerprint density at radius 2 is 0.820 bits per heavy atom. The van der Waals surface area contributed by atoms with Crippen LogP contribution in [-0.4, -0.2) is 261 Å². The molecule has 10 aliphatic heterocycles. The number of nitriles is 4. The number of rotatable bonds is 26. The van der Waals surface area contributed by atoms with Gasteiger partial charge in [-0.1, -0.05) is 117 Å². The van der Waals surface area contributed by atoms with Gasteiger partial charge in [0.2, 0.25) is 0 Å². The van der Waals surface area contributed by atoms with Gasteiger partial charge in [0.05, 0.1) is 66.8 Å². The van der Waals surface area contributed by atoms with Crippen LogP contribution in [0.4, 0.5) is 34.9 Å². The number of nitrogens with one attached hydrogen (secondary N) is 6. The lowest BCUT2D eigenvalue weighted by molar-refractivity contribution is 0.00872. The van der Waals surface area contributed by atoms with Gasteiger partial charge in [0.1, 0.15) is 79.8 Å². The molecule has 8 unspecified atom stereocenters. The summed E-state index contributed by atoms with van der Waals surface area (Å²) in [6, 6.07) is 31.6. The number of nitrogens with zero attached hydrogens (tertiary/aromatic N) is 26. The topological polar surface area (TPSA) is 432 Å². The highest BCUT2D eigenvalue weighted by Gasteiger charge is 2.44. The number of aromatic nitrogens is 16. The molecule has 0 saturated carbocycles. The predicted molar refractivity (Wildman–Crippen MR) is 587 cm³/mol. The second kappa shape index (κ2) is 48.0. The van der Waals surface area contributed by atoms with E-state index in [0.29, 0.717) is 151 Å². The molecule has 4 aromatic carbocycles. The van der Waals surface area contributed by atoms with Gasteiger partial charge in [0.25, 0.3) is 0 Å². The number of hydrogen-bond acceptors (Lipinski definition) is 31. The van der Waals surface area contributed by atoms with Gasteiger partial charge in [-0.3, -0.25) is 30.6 Å². The highest BCUT2D eigenvalue weighted by Crippen LogP contribution is 2.44. The lowest BCUT2D eigenvalue weighted by atomic mass is 9.80. The van der Waals surface area contributed by atoms with Crippen molar-refractivity contribution in [1.82, 2.24) is 99.2 Å². The Morgan fingerprint density at radius 3 is 1.19 bits per heavy atom. The first-order valence-corrected chi connectivity index (χ1v) is 56.4. The zero-order valence-electron chi connectivity index (χ0n) is 84.0. The van der Waals surface area contributed by atoms with E-state index in [0.717, 1.165) is 190 Å². The second-order valence-electron chi connectivity index (χ2n) is 41.3. The Balaban J connectivity index is 0.000000125. The molecular formula is C106H120Cl8N32O3S. The Labute approximate surface area is 913 Å². The van der Waals surface area contributed by atoms with Gasteiger partial charge in [-0.2, -0.15) is 36.3 Å². The first kappa shape index (κ1) is 107. The average molecular weight is 2210 g/mol. The SMILES string of the molecule is CC(Nc1nc(N2CC(C3CCCN(C4CCOCC4)C3)C2)cnc1C(=N)C#N)c1ccc(Cl)cc1Cl.CC(Nc1nc(N2CC(C3CCCN(C4CCS(=O)(=O)CC4)C3)C2)cnc1C(=N)C#N)c1ccc(Cl)cc1Cl.CC(c1ccc(Cl)cc1Cl)n1nc(C#N)c2ncc(N3CC(C4CCCN(Cc5ccn[nH]5)C4)C3)nc21.CC(c1ccc(Cl)cc1Cl)n1nc(C#N)c2ncc(N3CC(C4CCCN(Cc5cnc[nH]5)C4)C3)nc21. The maximum absolute atomic E-state index is 11.9. The Morgan fingerprint density at radius 1 is 0.447 bits per heavy atom. The van der Waals surface area contributed by atoms with Crippen molar-refractivity contribution in [3.05, 3.63) is 219 Å². The number of ether oxygens (including phenoxy) is 1. The molecule has 150 heavy (non-hydrogen) atoms. The first-order valence-electron chi connectivity index (χ1n) is 51.6. The van der Waals surface area contributed by atoms with Crippen molar-refractivity contribution in [2.45, 2.75) is 154 Å². The lowest BCUT2D eigenvalue weighted by Gasteiger charge is -2.48. The van der Waals surface area contributed by atoms with Crippen molar-refractivity contribution >= 4 is 171 Å². The third kappa shape index (κ3) is 24.8. The van der Waals surface area contributed by atoms with E-state index in [1.807, 2.05) is 82.6 Å². The fourth-order valence-corrected chi connectivity index (χ4v) is 26.8. The van der Waals surface area contributed by atoms with Crippen LogP contribution >= 0.6 is 92.8 Å². The van der Waals surface area contributed by atoms with Crippen LogP contribution in [0, 0.1) is 103 Å². The minimum atomic E-state index is -2.85. The molecule has 44 heteroatoms. The van der Waals surface area contributed by atoms with Crippen LogP contribution in [0.5, 0.6) is 0 Å². The molecule has 8 aromatic heterocycles. The summed E-state index contributed by atoms with van der Waals surface area (Å²) in [5.41, 5.74) is 8.35. The quantitative estimate of drug-likeness (QED) is 0.0274. The highest BCUT2D eigenvalue weighted by molar-refractivity contribution is 7.91. The van der Waals surface area contributed by atoms with Crippen LogP contribution in [0.1, 0.15) is 185 Å². The molecule has 35 nitrogen and oxygen atoms in total. The Hall–Kier alpha value is -11.3. The minimum absolute atomic E-state index is 0.202. The summed E-state index contributed by atoms with van der Waals surface area (Å²) in [4.78, 5) is 64.2. The number of halogens is 8. The zero-order chi connectivity index (χ0) is 105. The van der Waals surface area contributed by atoms with Crippen LogP contribution < -0.4 is 30.2 Å². The van der Waals surface area contributed by atoms with E-state index in [9.17, 15) is 29.5 Å². The summed E-state index contributed by atoms with van der Waals surface area (Å²) >= 11 is 50.1. The average Bonchev–Trinajstić information content (AvgIpc) is 1.44. The van der Waals surface area contributed by atoms with E-state index in [2.05, 4.69) is 112 Å². The van der Waals surface area contributed by atoms with Crippen LogP contribution in [0.25, 0.3) is 22.3 Å². The molecule has 0 aliphatic carbocycles. The van der Waals surface area contributed by atoms with Gasteiger partial charge in [0.15, 0.2) is 45.7 Å². The molecule has 18 heterocycles. The number of aromatic amines is 2. The molecule has 784 valence electrons. The number of fused-ring (bicyclic) bond motifs is 2. The summed E-state index contributed by atoms with van der Waals surface area (Å²) in [5.74, 6) is 9.60. The van der Waals surface area contributed by atoms with Crippen molar-refractivity contribution in [3.8, 4) is 24.3 Å². The van der Waals surface area contributed by atoms with Gasteiger partial charge < -0.3 is 44.9 Å². The summed E-state index contributed by atoms with van der Waals surface area (Å²) in [7, 11) is -2.85. The highest BCUT2D eigenvalue weighted by atomic mass is 35.5. The van der Waals surface area contributed by atoms with Crippen molar-refractivity contribution in [1.29, 1.82) is 31.9 Å².